The molecule has 2 aromatic rings. The molecule has 1 aromatic heterocycles. The number of rotatable bonds is 5. The Labute approximate surface area is 123 Å². The quantitative estimate of drug-likeness (QED) is 0.823. The number of benzene rings is 1. The summed E-state index contributed by atoms with van der Waals surface area (Å²) in [6.07, 6.45) is 4.34. The molecule has 2 N–H and O–H groups in total. The number of hydrogen-bond acceptors (Lipinski definition) is 6. The van der Waals surface area contributed by atoms with Crippen molar-refractivity contribution >= 4 is 5.69 Å². The van der Waals surface area contributed by atoms with Gasteiger partial charge < -0.3 is 19.7 Å². The van der Waals surface area contributed by atoms with Gasteiger partial charge in [-0.3, -0.25) is 0 Å². The van der Waals surface area contributed by atoms with Gasteiger partial charge in [0.15, 0.2) is 5.82 Å². The zero-order valence-electron chi connectivity index (χ0n) is 11.8. The SMILES string of the molecule is Oc1ccc(NCc2nc(CC3CCCCO3)no2)cc1. The van der Waals surface area contributed by atoms with Crippen LogP contribution in [0.5, 0.6) is 5.75 Å². The van der Waals surface area contributed by atoms with Gasteiger partial charge in [0.05, 0.1) is 12.6 Å². The Morgan fingerprint density at radius 2 is 2.10 bits per heavy atom. The Kier molecular flexibility index (Phi) is 4.35. The van der Waals surface area contributed by atoms with Gasteiger partial charge in [-0.05, 0) is 43.5 Å². The molecule has 1 atom stereocenters. The van der Waals surface area contributed by atoms with E-state index in [9.17, 15) is 5.11 Å². The Morgan fingerprint density at radius 3 is 2.86 bits per heavy atom. The number of phenols is 1. The lowest BCUT2D eigenvalue weighted by atomic mass is 10.1. The number of anilines is 1. The van der Waals surface area contributed by atoms with Crippen molar-refractivity contribution in [1.82, 2.24) is 10.1 Å². The molecule has 6 nitrogen and oxygen atoms in total. The number of aromatic hydroxyl groups is 1. The van der Waals surface area contributed by atoms with E-state index >= 15 is 0 Å². The van der Waals surface area contributed by atoms with E-state index in [0.717, 1.165) is 25.1 Å². The molecule has 1 aliphatic rings. The standard InChI is InChI=1S/C15H19N3O3/c19-12-6-4-11(5-7-12)16-10-15-17-14(18-21-15)9-13-3-1-2-8-20-13/h4-7,13,16,19H,1-3,8-10H2. The van der Waals surface area contributed by atoms with Crippen molar-refractivity contribution in [2.75, 3.05) is 11.9 Å². The van der Waals surface area contributed by atoms with Gasteiger partial charge >= 0.3 is 0 Å². The fraction of sp³-hybridized carbons (Fsp3) is 0.467. The Balaban J connectivity index is 1.51. The van der Waals surface area contributed by atoms with Crippen molar-refractivity contribution in [2.24, 2.45) is 0 Å². The molecule has 0 saturated carbocycles. The lowest BCUT2D eigenvalue weighted by Crippen LogP contribution is -2.21. The highest BCUT2D eigenvalue weighted by Gasteiger charge is 2.17. The van der Waals surface area contributed by atoms with Crippen LogP contribution in [0.3, 0.4) is 0 Å². The second kappa shape index (κ2) is 6.58. The number of phenolic OH excluding ortho intramolecular Hbond substituents is 1. The zero-order chi connectivity index (χ0) is 14.5. The monoisotopic (exact) mass is 289 g/mol. The number of aromatic nitrogens is 2. The largest absolute Gasteiger partial charge is 0.508 e. The van der Waals surface area contributed by atoms with E-state index in [-0.39, 0.29) is 11.9 Å². The molecule has 1 unspecified atom stereocenters. The first-order valence-electron chi connectivity index (χ1n) is 7.25. The lowest BCUT2D eigenvalue weighted by molar-refractivity contribution is 0.0153. The maximum atomic E-state index is 9.22. The third kappa shape index (κ3) is 3.95. The minimum Gasteiger partial charge on any atom is -0.508 e. The molecule has 1 saturated heterocycles. The van der Waals surface area contributed by atoms with Crippen LogP contribution in [0.2, 0.25) is 0 Å². The van der Waals surface area contributed by atoms with Crippen LogP contribution in [0.25, 0.3) is 0 Å². The van der Waals surface area contributed by atoms with Crippen LogP contribution < -0.4 is 5.32 Å². The first-order valence-corrected chi connectivity index (χ1v) is 7.25. The topological polar surface area (TPSA) is 80.4 Å². The van der Waals surface area contributed by atoms with Gasteiger partial charge in [-0.1, -0.05) is 5.16 Å². The third-order valence-electron chi connectivity index (χ3n) is 3.51. The van der Waals surface area contributed by atoms with E-state index in [1.54, 1.807) is 24.3 Å². The van der Waals surface area contributed by atoms with Crippen molar-refractivity contribution in [3.63, 3.8) is 0 Å². The minimum atomic E-state index is 0.217. The third-order valence-corrected chi connectivity index (χ3v) is 3.51. The summed E-state index contributed by atoms with van der Waals surface area (Å²) < 4.78 is 10.9. The van der Waals surface area contributed by atoms with Crippen molar-refractivity contribution < 1.29 is 14.4 Å². The van der Waals surface area contributed by atoms with Gasteiger partial charge in [-0.25, -0.2) is 0 Å². The van der Waals surface area contributed by atoms with Gasteiger partial charge in [-0.15, -0.1) is 0 Å². The molecular formula is C15H19N3O3. The van der Waals surface area contributed by atoms with Crippen molar-refractivity contribution in [1.29, 1.82) is 0 Å². The number of ether oxygens (including phenoxy) is 1. The molecule has 1 fully saturated rings. The molecule has 6 heteroatoms. The van der Waals surface area contributed by atoms with Gasteiger partial charge in [0, 0.05) is 18.7 Å². The van der Waals surface area contributed by atoms with Gasteiger partial charge in [0.2, 0.25) is 5.89 Å². The molecular weight excluding hydrogens is 270 g/mol. The number of nitrogens with zero attached hydrogens (tertiary/aromatic N) is 2. The summed E-state index contributed by atoms with van der Waals surface area (Å²) in [6, 6.07) is 6.84. The fourth-order valence-electron chi connectivity index (χ4n) is 2.37. The highest BCUT2D eigenvalue weighted by Crippen LogP contribution is 2.17. The molecule has 3 rings (SSSR count). The van der Waals surface area contributed by atoms with Gasteiger partial charge in [0.25, 0.3) is 0 Å². The average Bonchev–Trinajstić information content (AvgIpc) is 2.95. The summed E-state index contributed by atoms with van der Waals surface area (Å²) in [6.45, 7) is 1.29. The molecule has 0 spiro atoms. The van der Waals surface area contributed by atoms with Crippen LogP contribution in [-0.4, -0.2) is 28.0 Å². The molecule has 21 heavy (non-hydrogen) atoms. The van der Waals surface area contributed by atoms with Crippen LogP contribution in [0.1, 0.15) is 31.0 Å². The highest BCUT2D eigenvalue weighted by atomic mass is 16.5. The molecule has 0 amide bonds. The number of hydrogen-bond donors (Lipinski definition) is 2. The van der Waals surface area contributed by atoms with Crippen LogP contribution in [0.4, 0.5) is 5.69 Å². The maximum Gasteiger partial charge on any atom is 0.245 e. The summed E-state index contributed by atoms with van der Waals surface area (Å²) >= 11 is 0. The Morgan fingerprint density at radius 1 is 1.24 bits per heavy atom. The van der Waals surface area contributed by atoms with E-state index in [1.165, 1.54) is 6.42 Å². The van der Waals surface area contributed by atoms with Gasteiger partial charge in [-0.2, -0.15) is 4.98 Å². The fourth-order valence-corrected chi connectivity index (χ4v) is 2.37. The molecule has 2 heterocycles. The Bertz CT molecular complexity index is 562. The lowest BCUT2D eigenvalue weighted by Gasteiger charge is -2.20. The van der Waals surface area contributed by atoms with Gasteiger partial charge in [0.1, 0.15) is 5.75 Å². The summed E-state index contributed by atoms with van der Waals surface area (Å²) in [7, 11) is 0. The van der Waals surface area contributed by atoms with E-state index in [2.05, 4.69) is 15.5 Å². The average molecular weight is 289 g/mol. The van der Waals surface area contributed by atoms with E-state index in [0.29, 0.717) is 24.7 Å². The molecule has 112 valence electrons. The van der Waals surface area contributed by atoms with Crippen molar-refractivity contribution in [3.8, 4) is 5.75 Å². The normalized spacial score (nSPS) is 18.6. The smallest absolute Gasteiger partial charge is 0.245 e. The second-order valence-electron chi connectivity index (χ2n) is 5.20. The van der Waals surface area contributed by atoms with Crippen LogP contribution in [-0.2, 0) is 17.7 Å². The zero-order valence-corrected chi connectivity index (χ0v) is 11.8. The second-order valence-corrected chi connectivity index (χ2v) is 5.20. The first-order chi connectivity index (χ1) is 10.3. The summed E-state index contributed by atoms with van der Waals surface area (Å²) in [5, 5.41) is 16.4. The van der Waals surface area contributed by atoms with Crippen LogP contribution in [0.15, 0.2) is 28.8 Å². The predicted octanol–water partition coefficient (Wildman–Crippen LogP) is 2.50. The van der Waals surface area contributed by atoms with E-state index in [1.807, 2.05) is 0 Å². The molecule has 0 bridgehead atoms. The van der Waals surface area contributed by atoms with Crippen molar-refractivity contribution in [2.45, 2.75) is 38.3 Å². The van der Waals surface area contributed by atoms with E-state index in [4.69, 9.17) is 9.26 Å². The summed E-state index contributed by atoms with van der Waals surface area (Å²) in [4.78, 5) is 4.37. The molecule has 0 aliphatic carbocycles. The first kappa shape index (κ1) is 13.9. The highest BCUT2D eigenvalue weighted by molar-refractivity contribution is 5.45. The molecule has 1 aromatic carbocycles. The van der Waals surface area contributed by atoms with Crippen LogP contribution >= 0.6 is 0 Å². The maximum absolute atomic E-state index is 9.22. The minimum absolute atomic E-state index is 0.217. The van der Waals surface area contributed by atoms with E-state index < -0.39 is 0 Å². The molecule has 0 radical (unpaired) electrons. The summed E-state index contributed by atoms with van der Waals surface area (Å²) in [5.74, 6) is 1.49. The summed E-state index contributed by atoms with van der Waals surface area (Å²) in [5.41, 5.74) is 0.892. The predicted molar refractivity (Wildman–Crippen MR) is 77.0 cm³/mol. The van der Waals surface area contributed by atoms with Crippen LogP contribution in [0, 0.1) is 0 Å². The molecule has 1 aliphatic heterocycles. The Hall–Kier alpha value is -2.08. The van der Waals surface area contributed by atoms with Crippen molar-refractivity contribution in [3.05, 3.63) is 36.0 Å². The number of nitrogens with one attached hydrogen (secondary N) is 1.